The number of carbonyl (C=O) groups is 2. The molecule has 0 radical (unpaired) electrons. The van der Waals surface area contributed by atoms with Gasteiger partial charge in [0.05, 0.1) is 14.2 Å². The van der Waals surface area contributed by atoms with Gasteiger partial charge >= 0.3 is 0 Å². The second kappa shape index (κ2) is 9.74. The van der Waals surface area contributed by atoms with E-state index < -0.39 is 5.91 Å². The van der Waals surface area contributed by atoms with E-state index in [9.17, 15) is 14.7 Å². The maximum Gasteiger partial charge on any atom is 0.257 e. The number of hydrogen-bond acceptors (Lipinski definition) is 6. The SMILES string of the molecule is COc1cc(C(=O)NC(=S)Nc2cccc(NC(=O)C(C)C)c2)cc(O)c1OC. The Morgan fingerprint density at radius 2 is 1.69 bits per heavy atom. The van der Waals surface area contributed by atoms with Gasteiger partial charge in [-0.05, 0) is 42.5 Å². The molecule has 0 aliphatic heterocycles. The molecule has 154 valence electrons. The van der Waals surface area contributed by atoms with Crippen LogP contribution in [0.3, 0.4) is 0 Å². The minimum atomic E-state index is -0.539. The van der Waals surface area contributed by atoms with Crippen LogP contribution >= 0.6 is 12.2 Å². The van der Waals surface area contributed by atoms with Crippen LogP contribution in [0, 0.1) is 5.92 Å². The number of aromatic hydroxyl groups is 1. The number of thiocarbonyl (C=S) groups is 1. The Bertz CT molecular complexity index is 930. The number of phenols is 1. The Labute approximate surface area is 174 Å². The second-order valence-corrected chi connectivity index (χ2v) is 6.77. The first kappa shape index (κ1) is 22.0. The minimum absolute atomic E-state index is 0.0524. The van der Waals surface area contributed by atoms with Crippen LogP contribution in [0.15, 0.2) is 36.4 Å². The van der Waals surface area contributed by atoms with Crippen molar-refractivity contribution in [3.05, 3.63) is 42.0 Å². The van der Waals surface area contributed by atoms with Crippen LogP contribution in [0.1, 0.15) is 24.2 Å². The molecule has 0 saturated heterocycles. The molecule has 0 atom stereocenters. The van der Waals surface area contributed by atoms with Gasteiger partial charge in [-0.1, -0.05) is 19.9 Å². The fourth-order valence-corrected chi connectivity index (χ4v) is 2.58. The van der Waals surface area contributed by atoms with Crippen molar-refractivity contribution in [1.29, 1.82) is 0 Å². The zero-order valence-corrected chi connectivity index (χ0v) is 17.3. The van der Waals surface area contributed by atoms with Crippen LogP contribution in [0.5, 0.6) is 17.2 Å². The van der Waals surface area contributed by atoms with Crippen molar-refractivity contribution >= 4 is 40.5 Å². The van der Waals surface area contributed by atoms with Gasteiger partial charge in [0.15, 0.2) is 16.6 Å². The van der Waals surface area contributed by atoms with Crippen molar-refractivity contribution in [2.24, 2.45) is 5.92 Å². The third kappa shape index (κ3) is 5.82. The number of ether oxygens (including phenoxy) is 2. The molecule has 0 heterocycles. The third-order valence-electron chi connectivity index (χ3n) is 3.86. The summed E-state index contributed by atoms with van der Waals surface area (Å²) >= 11 is 5.18. The number of methoxy groups -OCH3 is 2. The molecule has 0 spiro atoms. The average Bonchev–Trinajstić information content (AvgIpc) is 2.67. The van der Waals surface area contributed by atoms with Gasteiger partial charge in [-0.2, -0.15) is 0 Å². The van der Waals surface area contributed by atoms with Gasteiger partial charge in [-0.3, -0.25) is 14.9 Å². The maximum absolute atomic E-state index is 12.4. The zero-order chi connectivity index (χ0) is 21.6. The summed E-state index contributed by atoms with van der Waals surface area (Å²) in [4.78, 5) is 24.3. The number of anilines is 2. The molecule has 4 N–H and O–H groups in total. The van der Waals surface area contributed by atoms with Gasteiger partial charge in [-0.25, -0.2) is 0 Å². The molecule has 0 bridgehead atoms. The van der Waals surface area contributed by atoms with E-state index in [1.165, 1.54) is 26.4 Å². The van der Waals surface area contributed by atoms with Crippen LogP contribution in [0.4, 0.5) is 11.4 Å². The van der Waals surface area contributed by atoms with Gasteiger partial charge in [-0.15, -0.1) is 0 Å². The van der Waals surface area contributed by atoms with Gasteiger partial charge < -0.3 is 25.2 Å². The molecular formula is C20H23N3O5S. The first-order valence-corrected chi connectivity index (χ1v) is 9.14. The average molecular weight is 417 g/mol. The number of hydrogen-bond donors (Lipinski definition) is 4. The summed E-state index contributed by atoms with van der Waals surface area (Å²) in [6.07, 6.45) is 0. The van der Waals surface area contributed by atoms with Crippen LogP contribution in [0.25, 0.3) is 0 Å². The molecule has 0 aliphatic carbocycles. The number of benzene rings is 2. The topological polar surface area (TPSA) is 109 Å². The lowest BCUT2D eigenvalue weighted by atomic mass is 10.1. The summed E-state index contributed by atoms with van der Waals surface area (Å²) < 4.78 is 10.2. The standard InChI is InChI=1S/C20H23N3O5S/c1-11(2)18(25)21-13-6-5-7-14(10-13)22-20(29)23-19(26)12-8-15(24)17(28-4)16(9-12)27-3/h5-11,24H,1-4H3,(H,21,25)(H2,22,23,26,29). The maximum atomic E-state index is 12.4. The summed E-state index contributed by atoms with van der Waals surface area (Å²) in [6.45, 7) is 3.60. The van der Waals surface area contributed by atoms with Crippen molar-refractivity contribution in [3.63, 3.8) is 0 Å². The van der Waals surface area contributed by atoms with Gasteiger partial charge in [0.25, 0.3) is 5.91 Å². The number of phenolic OH excluding ortho intramolecular Hbond substituents is 1. The van der Waals surface area contributed by atoms with Gasteiger partial charge in [0.1, 0.15) is 0 Å². The highest BCUT2D eigenvalue weighted by atomic mass is 32.1. The predicted octanol–water partition coefficient (Wildman–Crippen LogP) is 3.13. The Balaban J connectivity index is 2.07. The van der Waals surface area contributed by atoms with Gasteiger partial charge in [0.2, 0.25) is 11.7 Å². The highest BCUT2D eigenvalue weighted by molar-refractivity contribution is 7.80. The van der Waals surface area contributed by atoms with Crippen LogP contribution in [-0.4, -0.2) is 36.3 Å². The van der Waals surface area contributed by atoms with E-state index in [0.29, 0.717) is 11.4 Å². The molecule has 0 fully saturated rings. The smallest absolute Gasteiger partial charge is 0.257 e. The molecule has 0 saturated carbocycles. The van der Waals surface area contributed by atoms with E-state index in [0.717, 1.165) is 0 Å². The van der Waals surface area contributed by atoms with Crippen molar-refractivity contribution in [2.45, 2.75) is 13.8 Å². The van der Waals surface area contributed by atoms with E-state index >= 15 is 0 Å². The van der Waals surface area contributed by atoms with E-state index in [1.54, 1.807) is 38.1 Å². The normalized spacial score (nSPS) is 10.2. The zero-order valence-electron chi connectivity index (χ0n) is 16.5. The molecule has 29 heavy (non-hydrogen) atoms. The Hall–Kier alpha value is -3.33. The number of nitrogens with one attached hydrogen (secondary N) is 3. The molecule has 8 nitrogen and oxygen atoms in total. The lowest BCUT2D eigenvalue weighted by Crippen LogP contribution is -2.34. The fraction of sp³-hybridized carbons (Fsp3) is 0.250. The van der Waals surface area contributed by atoms with Crippen molar-refractivity contribution < 1.29 is 24.2 Å². The van der Waals surface area contributed by atoms with Crippen molar-refractivity contribution in [2.75, 3.05) is 24.9 Å². The van der Waals surface area contributed by atoms with E-state index in [2.05, 4.69) is 16.0 Å². The molecule has 2 rings (SSSR count). The first-order chi connectivity index (χ1) is 13.7. The summed E-state index contributed by atoms with van der Waals surface area (Å²) in [5.41, 5.74) is 1.34. The summed E-state index contributed by atoms with van der Waals surface area (Å²) in [6, 6.07) is 9.61. The van der Waals surface area contributed by atoms with Crippen molar-refractivity contribution in [3.8, 4) is 17.2 Å². The predicted molar refractivity (Wildman–Crippen MR) is 115 cm³/mol. The lowest BCUT2D eigenvalue weighted by molar-refractivity contribution is -0.118. The quantitative estimate of drug-likeness (QED) is 0.535. The van der Waals surface area contributed by atoms with E-state index in [-0.39, 0.29) is 39.7 Å². The van der Waals surface area contributed by atoms with Crippen LogP contribution in [0.2, 0.25) is 0 Å². The second-order valence-electron chi connectivity index (χ2n) is 6.36. The molecule has 0 aliphatic rings. The molecule has 0 unspecified atom stereocenters. The van der Waals surface area contributed by atoms with Crippen LogP contribution in [-0.2, 0) is 4.79 Å². The molecular weight excluding hydrogens is 394 g/mol. The number of rotatable bonds is 6. The monoisotopic (exact) mass is 417 g/mol. The van der Waals surface area contributed by atoms with Gasteiger partial charge in [0, 0.05) is 22.9 Å². The lowest BCUT2D eigenvalue weighted by Gasteiger charge is -2.14. The minimum Gasteiger partial charge on any atom is -0.504 e. The molecule has 9 heteroatoms. The molecule has 2 aromatic carbocycles. The largest absolute Gasteiger partial charge is 0.504 e. The Morgan fingerprint density at radius 3 is 2.28 bits per heavy atom. The fourth-order valence-electron chi connectivity index (χ4n) is 2.37. The van der Waals surface area contributed by atoms with Crippen molar-refractivity contribution in [1.82, 2.24) is 5.32 Å². The highest BCUT2D eigenvalue weighted by Crippen LogP contribution is 2.37. The van der Waals surface area contributed by atoms with E-state index in [4.69, 9.17) is 21.7 Å². The molecule has 2 aromatic rings. The van der Waals surface area contributed by atoms with E-state index in [1.807, 2.05) is 0 Å². The third-order valence-corrected chi connectivity index (χ3v) is 4.07. The number of carbonyl (C=O) groups excluding carboxylic acids is 2. The highest BCUT2D eigenvalue weighted by Gasteiger charge is 2.17. The Kier molecular flexibility index (Phi) is 7.38. The summed E-state index contributed by atoms with van der Waals surface area (Å²) in [5.74, 6) is -0.682. The van der Waals surface area contributed by atoms with Crippen LogP contribution < -0.4 is 25.4 Å². The number of amides is 2. The molecule has 2 amide bonds. The first-order valence-electron chi connectivity index (χ1n) is 8.73. The Morgan fingerprint density at radius 1 is 1.03 bits per heavy atom. The summed E-state index contributed by atoms with van der Waals surface area (Å²) in [7, 11) is 2.78. The molecule has 0 aromatic heterocycles. The summed E-state index contributed by atoms with van der Waals surface area (Å²) in [5, 5.41) is 18.2.